The zero-order valence-corrected chi connectivity index (χ0v) is 13.2. The molecule has 0 bridgehead atoms. The summed E-state index contributed by atoms with van der Waals surface area (Å²) >= 11 is 6.04. The van der Waals surface area contributed by atoms with Crippen LogP contribution in [-0.4, -0.2) is 25.4 Å². The Morgan fingerprint density at radius 1 is 0.889 bits per heavy atom. The van der Waals surface area contributed by atoms with Crippen molar-refractivity contribution in [1.82, 2.24) is 0 Å². The Bertz CT molecular complexity index is 159. The second-order valence-electron chi connectivity index (χ2n) is 4.80. The van der Waals surface area contributed by atoms with Crippen molar-refractivity contribution < 1.29 is 9.47 Å². The Morgan fingerprint density at radius 2 is 1.50 bits per heavy atom. The quantitative estimate of drug-likeness (QED) is 0.268. The van der Waals surface area contributed by atoms with Crippen LogP contribution in [0.25, 0.3) is 0 Å². The van der Waals surface area contributed by atoms with Crippen LogP contribution in [-0.2, 0) is 9.47 Å². The summed E-state index contributed by atoms with van der Waals surface area (Å²) in [5.41, 5.74) is 0. The van der Waals surface area contributed by atoms with Gasteiger partial charge in [-0.15, -0.1) is 11.6 Å². The molecule has 1 atom stereocenters. The Balaban J connectivity index is 3.77. The molecular weight excluding hydrogens is 248 g/mol. The standard InChI is InChI=1S/C15H31ClO2/c1-4-7-8-9-10-11-14(13-16)12-15(17-5-2)18-6-3/h14-15H,4-13H2,1-3H3. The molecule has 0 aromatic heterocycles. The van der Waals surface area contributed by atoms with Crippen LogP contribution in [0.5, 0.6) is 0 Å². The third-order valence-corrected chi connectivity index (χ3v) is 3.60. The van der Waals surface area contributed by atoms with E-state index in [0.717, 1.165) is 6.42 Å². The van der Waals surface area contributed by atoms with Gasteiger partial charge in [-0.2, -0.15) is 0 Å². The molecular formula is C15H31ClO2. The smallest absolute Gasteiger partial charge is 0.157 e. The molecule has 3 heteroatoms. The van der Waals surface area contributed by atoms with Gasteiger partial charge in [0.1, 0.15) is 0 Å². The van der Waals surface area contributed by atoms with Crippen molar-refractivity contribution in [2.75, 3.05) is 19.1 Å². The molecule has 18 heavy (non-hydrogen) atoms. The van der Waals surface area contributed by atoms with Crippen molar-refractivity contribution in [2.24, 2.45) is 5.92 Å². The molecule has 0 aliphatic carbocycles. The van der Waals surface area contributed by atoms with Gasteiger partial charge in [0.05, 0.1) is 0 Å². The molecule has 0 saturated carbocycles. The molecule has 0 amide bonds. The van der Waals surface area contributed by atoms with Gasteiger partial charge in [0.25, 0.3) is 0 Å². The van der Waals surface area contributed by atoms with Crippen LogP contribution in [0, 0.1) is 5.92 Å². The summed E-state index contributed by atoms with van der Waals surface area (Å²) in [6, 6.07) is 0. The number of rotatable bonds is 13. The van der Waals surface area contributed by atoms with Crippen molar-refractivity contribution in [3.8, 4) is 0 Å². The Labute approximate surface area is 118 Å². The first-order chi connectivity index (χ1) is 8.78. The third kappa shape index (κ3) is 10.2. The fourth-order valence-electron chi connectivity index (χ4n) is 2.12. The van der Waals surface area contributed by atoms with E-state index in [2.05, 4.69) is 6.92 Å². The van der Waals surface area contributed by atoms with Crippen LogP contribution >= 0.6 is 11.6 Å². The van der Waals surface area contributed by atoms with Crippen molar-refractivity contribution in [1.29, 1.82) is 0 Å². The van der Waals surface area contributed by atoms with Crippen molar-refractivity contribution in [3.05, 3.63) is 0 Å². The maximum atomic E-state index is 6.04. The van der Waals surface area contributed by atoms with Gasteiger partial charge in [0.2, 0.25) is 0 Å². The van der Waals surface area contributed by atoms with E-state index < -0.39 is 0 Å². The van der Waals surface area contributed by atoms with Crippen LogP contribution in [0.1, 0.15) is 65.7 Å². The van der Waals surface area contributed by atoms with Gasteiger partial charge >= 0.3 is 0 Å². The maximum Gasteiger partial charge on any atom is 0.157 e. The molecule has 0 fully saturated rings. The summed E-state index contributed by atoms with van der Waals surface area (Å²) in [5.74, 6) is 1.24. The monoisotopic (exact) mass is 278 g/mol. The largest absolute Gasteiger partial charge is 0.353 e. The highest BCUT2D eigenvalue weighted by Gasteiger charge is 2.16. The maximum absolute atomic E-state index is 6.04. The normalized spacial score (nSPS) is 13.2. The summed E-state index contributed by atoms with van der Waals surface area (Å²) in [5, 5.41) is 0. The van der Waals surface area contributed by atoms with Crippen molar-refractivity contribution in [3.63, 3.8) is 0 Å². The topological polar surface area (TPSA) is 18.5 Å². The average molecular weight is 279 g/mol. The lowest BCUT2D eigenvalue weighted by Crippen LogP contribution is -2.22. The van der Waals surface area contributed by atoms with Gasteiger partial charge in [-0.3, -0.25) is 0 Å². The number of halogens is 1. The molecule has 110 valence electrons. The third-order valence-electron chi connectivity index (χ3n) is 3.17. The van der Waals surface area contributed by atoms with Gasteiger partial charge in [-0.05, 0) is 26.2 Å². The summed E-state index contributed by atoms with van der Waals surface area (Å²) in [6.07, 6.45) is 8.67. The predicted octanol–water partition coefficient (Wildman–Crippen LogP) is 4.99. The molecule has 0 saturated heterocycles. The summed E-state index contributed by atoms with van der Waals surface area (Å²) in [7, 11) is 0. The van der Waals surface area contributed by atoms with Gasteiger partial charge in [0.15, 0.2) is 6.29 Å². The number of hydrogen-bond donors (Lipinski definition) is 0. The van der Waals surface area contributed by atoms with Gasteiger partial charge in [-0.1, -0.05) is 39.0 Å². The second-order valence-corrected chi connectivity index (χ2v) is 5.11. The fraction of sp³-hybridized carbons (Fsp3) is 1.00. The molecule has 0 rings (SSSR count). The van der Waals surface area contributed by atoms with E-state index >= 15 is 0 Å². The molecule has 0 aromatic rings. The summed E-state index contributed by atoms with van der Waals surface area (Å²) in [4.78, 5) is 0. The van der Waals surface area contributed by atoms with Crippen LogP contribution in [0.15, 0.2) is 0 Å². The first kappa shape index (κ1) is 18.2. The molecule has 1 unspecified atom stereocenters. The second kappa shape index (κ2) is 13.6. The minimum absolute atomic E-state index is 0.0700. The zero-order valence-electron chi connectivity index (χ0n) is 12.4. The lowest BCUT2D eigenvalue weighted by Gasteiger charge is -2.22. The van der Waals surface area contributed by atoms with Crippen molar-refractivity contribution >= 4 is 11.6 Å². The molecule has 2 nitrogen and oxygen atoms in total. The van der Waals surface area contributed by atoms with Gasteiger partial charge in [-0.25, -0.2) is 0 Å². The number of unbranched alkanes of at least 4 members (excludes halogenated alkanes) is 4. The number of hydrogen-bond acceptors (Lipinski definition) is 2. The van der Waals surface area contributed by atoms with E-state index in [0.29, 0.717) is 25.0 Å². The number of ether oxygens (including phenoxy) is 2. The lowest BCUT2D eigenvalue weighted by molar-refractivity contribution is -0.145. The summed E-state index contributed by atoms with van der Waals surface area (Å²) < 4.78 is 11.2. The van der Waals surface area contributed by atoms with Crippen LogP contribution < -0.4 is 0 Å². The average Bonchev–Trinajstić information content (AvgIpc) is 2.37. The SMILES string of the molecule is CCCCCCCC(CCl)CC(OCC)OCC. The van der Waals surface area contributed by atoms with E-state index in [1.807, 2.05) is 13.8 Å². The van der Waals surface area contributed by atoms with Crippen molar-refractivity contribution in [2.45, 2.75) is 72.0 Å². The number of alkyl halides is 1. The van der Waals surface area contributed by atoms with E-state index in [4.69, 9.17) is 21.1 Å². The molecule has 0 aromatic carbocycles. The van der Waals surface area contributed by atoms with Crippen LogP contribution in [0.3, 0.4) is 0 Å². The van der Waals surface area contributed by atoms with E-state index in [9.17, 15) is 0 Å². The van der Waals surface area contributed by atoms with Crippen LogP contribution in [0.2, 0.25) is 0 Å². The Kier molecular flexibility index (Phi) is 13.8. The fourth-order valence-corrected chi connectivity index (χ4v) is 2.40. The molecule has 0 aliphatic rings. The van der Waals surface area contributed by atoms with Gasteiger partial charge < -0.3 is 9.47 Å². The highest BCUT2D eigenvalue weighted by Crippen LogP contribution is 2.20. The predicted molar refractivity (Wildman–Crippen MR) is 79.2 cm³/mol. The minimum atomic E-state index is -0.0700. The summed E-state index contributed by atoms with van der Waals surface area (Å²) in [6.45, 7) is 7.67. The van der Waals surface area contributed by atoms with E-state index in [1.54, 1.807) is 0 Å². The van der Waals surface area contributed by atoms with Gasteiger partial charge in [0, 0.05) is 25.5 Å². The first-order valence-electron chi connectivity index (χ1n) is 7.57. The van der Waals surface area contributed by atoms with E-state index in [1.165, 1.54) is 38.5 Å². The molecule has 0 radical (unpaired) electrons. The first-order valence-corrected chi connectivity index (χ1v) is 8.10. The lowest BCUT2D eigenvalue weighted by atomic mass is 9.98. The highest BCUT2D eigenvalue weighted by molar-refractivity contribution is 6.18. The molecule has 0 spiro atoms. The Morgan fingerprint density at radius 3 is 2.00 bits per heavy atom. The van der Waals surface area contributed by atoms with E-state index in [-0.39, 0.29) is 6.29 Å². The van der Waals surface area contributed by atoms with Crippen LogP contribution in [0.4, 0.5) is 0 Å². The minimum Gasteiger partial charge on any atom is -0.353 e. The molecule has 0 aliphatic heterocycles. The molecule has 0 N–H and O–H groups in total. The Hall–Kier alpha value is 0.210. The highest BCUT2D eigenvalue weighted by atomic mass is 35.5. The zero-order chi connectivity index (χ0) is 13.6. The molecule has 0 heterocycles.